The molecule has 1 aromatic heterocycles. The summed E-state index contributed by atoms with van der Waals surface area (Å²) in [7, 11) is 0. The van der Waals surface area contributed by atoms with Crippen LogP contribution in [0.3, 0.4) is 0 Å². The fourth-order valence-electron chi connectivity index (χ4n) is 1.17. The summed E-state index contributed by atoms with van der Waals surface area (Å²) in [5.74, 6) is -0.376. The Labute approximate surface area is 69.4 Å². The first-order valence-corrected chi connectivity index (χ1v) is 3.55. The Morgan fingerprint density at radius 3 is 3.17 bits per heavy atom. The van der Waals surface area contributed by atoms with Crippen LogP contribution in [0.4, 0.5) is 4.39 Å². The first-order valence-electron chi connectivity index (χ1n) is 3.55. The van der Waals surface area contributed by atoms with Gasteiger partial charge >= 0.3 is 0 Å². The second-order valence-electron chi connectivity index (χ2n) is 2.56. The predicted molar refractivity (Wildman–Crippen MR) is 45.5 cm³/mol. The molecule has 0 aromatic carbocycles. The van der Waals surface area contributed by atoms with Gasteiger partial charge in [0.15, 0.2) is 5.95 Å². The van der Waals surface area contributed by atoms with Crippen LogP contribution in [-0.2, 0) is 0 Å². The fraction of sp³-hybridized carbons (Fsp3) is 0. The smallest absolute Gasteiger partial charge is 0.192 e. The van der Waals surface area contributed by atoms with Crippen LogP contribution < -0.4 is 5.32 Å². The third-order valence-corrected chi connectivity index (χ3v) is 1.73. The van der Waals surface area contributed by atoms with Crippen molar-refractivity contribution in [3.8, 4) is 0 Å². The van der Waals surface area contributed by atoms with Crippen molar-refractivity contribution < 1.29 is 4.39 Å². The van der Waals surface area contributed by atoms with Crippen LogP contribution in [0.2, 0.25) is 0 Å². The van der Waals surface area contributed by atoms with Gasteiger partial charge in [-0.3, -0.25) is 4.98 Å². The van der Waals surface area contributed by atoms with E-state index in [4.69, 9.17) is 0 Å². The van der Waals surface area contributed by atoms with E-state index < -0.39 is 0 Å². The summed E-state index contributed by atoms with van der Waals surface area (Å²) >= 11 is 0. The van der Waals surface area contributed by atoms with Gasteiger partial charge in [0.25, 0.3) is 0 Å². The molecule has 1 aliphatic rings. The van der Waals surface area contributed by atoms with Gasteiger partial charge in [-0.05, 0) is 17.7 Å². The average molecular weight is 162 g/mol. The van der Waals surface area contributed by atoms with Crippen molar-refractivity contribution in [2.45, 2.75) is 0 Å². The minimum atomic E-state index is -0.376. The number of pyridine rings is 1. The molecule has 2 rings (SSSR count). The molecule has 2 nitrogen and oxygen atoms in total. The number of fused-ring (bicyclic) bond motifs is 1. The molecule has 0 spiro atoms. The van der Waals surface area contributed by atoms with Crippen LogP contribution in [0.1, 0.15) is 11.1 Å². The Hall–Kier alpha value is -1.64. The highest BCUT2D eigenvalue weighted by Crippen LogP contribution is 2.22. The van der Waals surface area contributed by atoms with Gasteiger partial charge in [-0.2, -0.15) is 4.39 Å². The van der Waals surface area contributed by atoms with Crippen LogP contribution in [0.5, 0.6) is 0 Å². The van der Waals surface area contributed by atoms with Gasteiger partial charge in [-0.25, -0.2) is 0 Å². The summed E-state index contributed by atoms with van der Waals surface area (Å²) in [5, 5.41) is 2.50. The summed E-state index contributed by atoms with van der Waals surface area (Å²) in [5.41, 5.74) is 2.21. The van der Waals surface area contributed by atoms with Crippen molar-refractivity contribution >= 4 is 11.8 Å². The lowest BCUT2D eigenvalue weighted by molar-refractivity contribution is 0.597. The Bertz CT molecular complexity index is 369. The van der Waals surface area contributed by atoms with Gasteiger partial charge in [0.2, 0.25) is 0 Å². The highest BCUT2D eigenvalue weighted by atomic mass is 19.1. The molecule has 60 valence electrons. The largest absolute Gasteiger partial charge is 0.332 e. The van der Waals surface area contributed by atoms with Crippen LogP contribution in [-0.4, -0.2) is 4.98 Å². The van der Waals surface area contributed by atoms with E-state index in [-0.39, 0.29) is 5.95 Å². The van der Waals surface area contributed by atoms with E-state index in [0.29, 0.717) is 5.70 Å². The average Bonchev–Trinajstić information content (AvgIpc) is 2.04. The number of hydrogen-bond donors (Lipinski definition) is 1. The van der Waals surface area contributed by atoms with Gasteiger partial charge in [0.1, 0.15) is 0 Å². The second kappa shape index (κ2) is 2.44. The Morgan fingerprint density at radius 2 is 2.33 bits per heavy atom. The molecule has 0 saturated carbocycles. The number of rotatable bonds is 0. The number of hydrogen-bond acceptors (Lipinski definition) is 2. The van der Waals surface area contributed by atoms with Gasteiger partial charge in [0.05, 0.1) is 0 Å². The maximum Gasteiger partial charge on any atom is 0.192 e. The summed E-state index contributed by atoms with van der Waals surface area (Å²) in [4.78, 5) is 3.92. The van der Waals surface area contributed by atoms with Gasteiger partial charge in [-0.15, -0.1) is 0 Å². The maximum atomic E-state index is 12.8. The summed E-state index contributed by atoms with van der Waals surface area (Å²) in [6.07, 6.45) is 4.71. The molecular formula is C9H7FN2. The molecule has 12 heavy (non-hydrogen) atoms. The van der Waals surface area contributed by atoms with E-state index in [9.17, 15) is 4.39 Å². The van der Waals surface area contributed by atoms with Crippen LogP contribution in [0.25, 0.3) is 11.8 Å². The van der Waals surface area contributed by atoms with Crippen molar-refractivity contribution in [3.63, 3.8) is 0 Å². The first-order chi connectivity index (χ1) is 5.77. The number of nitrogens with zero attached hydrogens (tertiary/aromatic N) is 1. The lowest BCUT2D eigenvalue weighted by Gasteiger charge is -2.14. The third-order valence-electron chi connectivity index (χ3n) is 1.73. The minimum absolute atomic E-state index is 0.376. The van der Waals surface area contributed by atoms with Crippen molar-refractivity contribution in [2.24, 2.45) is 0 Å². The maximum absolute atomic E-state index is 12.8. The molecule has 1 aromatic rings. The van der Waals surface area contributed by atoms with Crippen molar-refractivity contribution in [3.05, 3.63) is 42.1 Å². The molecule has 1 N–H and O–H groups in total. The molecule has 0 aliphatic carbocycles. The van der Waals surface area contributed by atoms with Gasteiger partial charge in [0, 0.05) is 23.7 Å². The zero-order valence-corrected chi connectivity index (χ0v) is 6.34. The predicted octanol–water partition coefficient (Wildman–Crippen LogP) is 1.92. The molecule has 0 fully saturated rings. The van der Waals surface area contributed by atoms with E-state index in [1.807, 2.05) is 0 Å². The summed E-state index contributed by atoms with van der Waals surface area (Å²) in [6, 6.07) is 1.75. The molecule has 0 atom stereocenters. The second-order valence-corrected chi connectivity index (χ2v) is 2.56. The zero-order valence-electron chi connectivity index (χ0n) is 6.34. The van der Waals surface area contributed by atoms with E-state index in [1.165, 1.54) is 6.08 Å². The molecule has 0 saturated heterocycles. The SMILES string of the molecule is C=C1NC(F)=Cc2ccncc21. The van der Waals surface area contributed by atoms with Crippen molar-refractivity contribution in [2.75, 3.05) is 0 Å². The van der Waals surface area contributed by atoms with Crippen LogP contribution >= 0.6 is 0 Å². The topological polar surface area (TPSA) is 24.9 Å². The van der Waals surface area contributed by atoms with Crippen molar-refractivity contribution in [1.82, 2.24) is 10.3 Å². The normalized spacial score (nSPS) is 14.8. The molecule has 0 unspecified atom stereocenters. The lowest BCUT2D eigenvalue weighted by atomic mass is 10.1. The minimum Gasteiger partial charge on any atom is -0.332 e. The van der Waals surface area contributed by atoms with E-state index in [0.717, 1.165) is 11.1 Å². The number of nitrogens with one attached hydrogen (secondary N) is 1. The quantitative estimate of drug-likeness (QED) is 0.589. The fourth-order valence-corrected chi connectivity index (χ4v) is 1.17. The zero-order chi connectivity index (χ0) is 8.55. The molecule has 2 heterocycles. The summed E-state index contributed by atoms with van der Waals surface area (Å²) < 4.78 is 12.8. The lowest BCUT2D eigenvalue weighted by Crippen LogP contribution is -2.12. The van der Waals surface area contributed by atoms with Crippen LogP contribution in [0.15, 0.2) is 31.0 Å². The monoisotopic (exact) mass is 162 g/mol. The Balaban J connectivity index is 2.62. The highest BCUT2D eigenvalue weighted by molar-refractivity contribution is 5.76. The molecule has 1 aliphatic heterocycles. The van der Waals surface area contributed by atoms with Crippen molar-refractivity contribution in [1.29, 1.82) is 0 Å². The number of halogens is 1. The van der Waals surface area contributed by atoms with E-state index >= 15 is 0 Å². The standard InChI is InChI=1S/C9H7FN2/c1-6-8-5-11-3-2-7(8)4-9(10)12-6/h2-5,12H,1H2. The first kappa shape index (κ1) is 7.03. The molecule has 0 amide bonds. The van der Waals surface area contributed by atoms with Gasteiger partial charge < -0.3 is 5.32 Å². The third kappa shape index (κ3) is 0.993. The summed E-state index contributed by atoms with van der Waals surface area (Å²) in [6.45, 7) is 3.67. The number of aromatic nitrogens is 1. The molecule has 0 bridgehead atoms. The highest BCUT2D eigenvalue weighted by Gasteiger charge is 2.11. The molecule has 0 radical (unpaired) electrons. The Kier molecular flexibility index (Phi) is 1.43. The van der Waals surface area contributed by atoms with Gasteiger partial charge in [-0.1, -0.05) is 6.58 Å². The van der Waals surface area contributed by atoms with E-state index in [1.54, 1.807) is 18.5 Å². The van der Waals surface area contributed by atoms with E-state index in [2.05, 4.69) is 16.9 Å². The molecular weight excluding hydrogens is 155 g/mol. The Morgan fingerprint density at radius 1 is 1.50 bits per heavy atom. The van der Waals surface area contributed by atoms with Crippen LogP contribution in [0, 0.1) is 0 Å². The molecule has 3 heteroatoms.